The minimum atomic E-state index is -2.98. The molecular formula is C30H30N6O2. The summed E-state index contributed by atoms with van der Waals surface area (Å²) in [6, 6.07) is 14.9. The van der Waals surface area contributed by atoms with Crippen molar-refractivity contribution in [2.75, 3.05) is 26.7 Å². The number of aromatic nitrogens is 4. The van der Waals surface area contributed by atoms with Gasteiger partial charge in [0.15, 0.2) is 11.6 Å². The number of nitriles is 1. The van der Waals surface area contributed by atoms with E-state index in [2.05, 4.69) is 27.0 Å². The van der Waals surface area contributed by atoms with Gasteiger partial charge in [0.1, 0.15) is 0 Å². The van der Waals surface area contributed by atoms with Gasteiger partial charge in [0.2, 0.25) is 0 Å². The average Bonchev–Trinajstić information content (AvgIpc) is 3.00. The van der Waals surface area contributed by atoms with E-state index in [4.69, 9.17) is 8.85 Å². The van der Waals surface area contributed by atoms with Gasteiger partial charge < -0.3 is 9.64 Å². The van der Waals surface area contributed by atoms with Gasteiger partial charge in [-0.2, -0.15) is 10.4 Å². The molecule has 0 spiro atoms. The third-order valence-corrected chi connectivity index (χ3v) is 6.65. The van der Waals surface area contributed by atoms with Crippen molar-refractivity contribution >= 4 is 0 Å². The number of ether oxygens (including phenoxy) is 1. The Hall–Kier alpha value is -4.35. The van der Waals surface area contributed by atoms with E-state index in [9.17, 15) is 11.4 Å². The van der Waals surface area contributed by atoms with E-state index in [-0.39, 0.29) is 11.3 Å². The summed E-state index contributed by atoms with van der Waals surface area (Å²) in [5.41, 5.74) is 0.879. The lowest BCUT2D eigenvalue weighted by atomic mass is 9.98. The van der Waals surface area contributed by atoms with E-state index in [0.717, 1.165) is 25.9 Å². The number of hydrogen-bond donors (Lipinski definition) is 0. The van der Waals surface area contributed by atoms with Crippen molar-refractivity contribution in [1.29, 1.82) is 5.26 Å². The second kappa shape index (κ2) is 11.4. The molecule has 0 aliphatic carbocycles. The van der Waals surface area contributed by atoms with Crippen LogP contribution in [0.5, 0.6) is 5.75 Å². The third kappa shape index (κ3) is 5.79. The molecule has 1 aliphatic rings. The van der Waals surface area contributed by atoms with Crippen molar-refractivity contribution in [2.24, 2.45) is 5.92 Å². The van der Waals surface area contributed by atoms with Gasteiger partial charge >= 0.3 is 0 Å². The largest absolute Gasteiger partial charge is 0.490 e. The number of nitrogens with zero attached hydrogens (tertiary/aromatic N) is 6. The van der Waals surface area contributed by atoms with Gasteiger partial charge in [-0.3, -0.25) is 4.79 Å². The monoisotopic (exact) mass is 510 g/mol. The lowest BCUT2D eigenvalue weighted by Crippen LogP contribution is -2.32. The van der Waals surface area contributed by atoms with Crippen LogP contribution in [0.25, 0.3) is 22.6 Å². The summed E-state index contributed by atoms with van der Waals surface area (Å²) in [5.74, 6) is 1.34. The molecule has 38 heavy (non-hydrogen) atoms. The Kier molecular flexibility index (Phi) is 6.18. The smallest absolute Gasteiger partial charge is 0.267 e. The fourth-order valence-electron chi connectivity index (χ4n) is 4.38. The van der Waals surface area contributed by atoms with Gasteiger partial charge in [0, 0.05) is 21.3 Å². The summed E-state index contributed by atoms with van der Waals surface area (Å²) in [5, 5.41) is 13.6. The molecule has 0 unspecified atom stereocenters. The highest BCUT2D eigenvalue weighted by atomic mass is 16.5. The molecule has 5 rings (SSSR count). The highest BCUT2D eigenvalue weighted by Crippen LogP contribution is 2.24. The summed E-state index contributed by atoms with van der Waals surface area (Å²) >= 11 is 0. The molecule has 8 nitrogen and oxygen atoms in total. The summed E-state index contributed by atoms with van der Waals surface area (Å²) < 4.78 is 40.7. The van der Waals surface area contributed by atoms with Gasteiger partial charge in [0.25, 0.3) is 5.56 Å². The average molecular weight is 511 g/mol. The van der Waals surface area contributed by atoms with E-state index in [0.29, 0.717) is 45.5 Å². The van der Waals surface area contributed by atoms with Crippen molar-refractivity contribution in [1.82, 2.24) is 24.6 Å². The SMILES string of the molecule is [2H]C([2H])([2H])[C@@]([2H])(c1cccc(-c2ncc(OCC3CCN(C)CC3)cn2)c1)n1nc(-c2cccc(C#N)c2)ccc1=O. The van der Waals surface area contributed by atoms with Gasteiger partial charge in [-0.05, 0) is 75.6 Å². The highest BCUT2D eigenvalue weighted by Gasteiger charge is 2.18. The van der Waals surface area contributed by atoms with Crippen LogP contribution < -0.4 is 10.3 Å². The molecule has 3 heterocycles. The van der Waals surface area contributed by atoms with Gasteiger partial charge in [-0.15, -0.1) is 0 Å². The molecule has 1 fully saturated rings. The zero-order chi connectivity index (χ0) is 29.9. The molecule has 2 aromatic carbocycles. The summed E-state index contributed by atoms with van der Waals surface area (Å²) in [6.45, 7) is -0.294. The zero-order valence-electron chi connectivity index (χ0n) is 25.0. The Morgan fingerprint density at radius 2 is 1.87 bits per heavy atom. The van der Waals surface area contributed by atoms with Crippen LogP contribution in [-0.2, 0) is 0 Å². The zero-order valence-corrected chi connectivity index (χ0v) is 21.0. The number of likely N-dealkylation sites (tertiary alicyclic amines) is 1. The molecule has 0 radical (unpaired) electrons. The van der Waals surface area contributed by atoms with Crippen LogP contribution in [0.2, 0.25) is 0 Å². The van der Waals surface area contributed by atoms with Gasteiger partial charge in [-0.25, -0.2) is 14.6 Å². The number of rotatable bonds is 7. The van der Waals surface area contributed by atoms with Crippen molar-refractivity contribution in [3.63, 3.8) is 0 Å². The molecule has 0 bridgehead atoms. The fourth-order valence-corrected chi connectivity index (χ4v) is 4.38. The highest BCUT2D eigenvalue weighted by molar-refractivity contribution is 5.61. The molecule has 1 aliphatic heterocycles. The maximum absolute atomic E-state index is 13.0. The second-order valence-corrected chi connectivity index (χ2v) is 9.39. The molecule has 192 valence electrons. The van der Waals surface area contributed by atoms with Crippen LogP contribution in [0.3, 0.4) is 0 Å². The maximum atomic E-state index is 13.0. The summed E-state index contributed by atoms with van der Waals surface area (Å²) in [4.78, 5) is 24.1. The first-order valence-corrected chi connectivity index (χ1v) is 12.4. The Labute approximate surface area is 227 Å². The molecule has 1 saturated heterocycles. The third-order valence-electron chi connectivity index (χ3n) is 6.65. The van der Waals surface area contributed by atoms with Crippen molar-refractivity contribution in [3.8, 4) is 34.5 Å². The minimum Gasteiger partial charge on any atom is -0.490 e. The van der Waals surface area contributed by atoms with Gasteiger partial charge in [-0.1, -0.05) is 30.3 Å². The first-order valence-electron chi connectivity index (χ1n) is 14.4. The minimum absolute atomic E-state index is 0.0173. The van der Waals surface area contributed by atoms with E-state index in [1.807, 2.05) is 6.07 Å². The summed E-state index contributed by atoms with van der Waals surface area (Å²) in [6.07, 6.45) is 5.31. The predicted octanol–water partition coefficient (Wildman–Crippen LogP) is 4.57. The molecule has 4 aromatic rings. The van der Waals surface area contributed by atoms with Crippen molar-refractivity contribution < 1.29 is 10.2 Å². The van der Waals surface area contributed by atoms with Crippen LogP contribution in [0, 0.1) is 17.2 Å². The molecule has 2 aromatic heterocycles. The van der Waals surface area contributed by atoms with Crippen molar-refractivity contribution in [3.05, 3.63) is 94.5 Å². The van der Waals surface area contributed by atoms with Gasteiger partial charge in [0.05, 0.1) is 43.7 Å². The van der Waals surface area contributed by atoms with Crippen LogP contribution in [-0.4, -0.2) is 51.4 Å². The molecule has 0 N–H and O–H groups in total. The van der Waals surface area contributed by atoms with Crippen LogP contribution in [0.15, 0.2) is 77.9 Å². The van der Waals surface area contributed by atoms with Crippen LogP contribution >= 0.6 is 0 Å². The predicted molar refractivity (Wildman–Crippen MR) is 146 cm³/mol. The van der Waals surface area contributed by atoms with Crippen molar-refractivity contribution in [2.45, 2.75) is 25.7 Å². The lowest BCUT2D eigenvalue weighted by Gasteiger charge is -2.28. The quantitative estimate of drug-likeness (QED) is 0.359. The van der Waals surface area contributed by atoms with E-state index >= 15 is 0 Å². The standard InChI is InChI=1S/C30H30N6O2/c1-21(36-29(37)10-9-28(34-36)25-7-3-5-23(15-25)17-31)24-6-4-8-26(16-24)30-32-18-27(19-33-30)38-20-22-11-13-35(2)14-12-22/h3-10,15-16,18-19,21-22H,11-14,20H2,1-2H3/t21-/m0/s1/i1D3,21D. The van der Waals surface area contributed by atoms with E-state index in [1.165, 1.54) is 24.3 Å². The molecule has 1 atom stereocenters. The Bertz CT molecular complexity index is 1660. The van der Waals surface area contributed by atoms with E-state index in [1.54, 1.807) is 48.8 Å². The van der Waals surface area contributed by atoms with Crippen LogP contribution in [0.4, 0.5) is 0 Å². The Morgan fingerprint density at radius 3 is 2.63 bits per heavy atom. The normalized spacial score (nSPS) is 17.8. The number of benzene rings is 2. The summed E-state index contributed by atoms with van der Waals surface area (Å²) in [7, 11) is 2.12. The molecule has 8 heteroatoms. The first-order chi connectivity index (χ1) is 20.1. The molecule has 0 saturated carbocycles. The fraction of sp³-hybridized carbons (Fsp3) is 0.300. The Morgan fingerprint density at radius 1 is 1.11 bits per heavy atom. The van der Waals surface area contributed by atoms with Crippen LogP contribution in [0.1, 0.15) is 42.3 Å². The number of hydrogen-bond acceptors (Lipinski definition) is 7. The maximum Gasteiger partial charge on any atom is 0.267 e. The van der Waals surface area contributed by atoms with E-state index < -0.39 is 18.4 Å². The first kappa shape index (κ1) is 20.7. The Balaban J connectivity index is 1.45. The second-order valence-electron chi connectivity index (χ2n) is 9.39. The topological polar surface area (TPSA) is 96.9 Å². The lowest BCUT2D eigenvalue weighted by molar-refractivity contribution is 0.159. The molecular weight excluding hydrogens is 476 g/mol. The number of piperidine rings is 1. The molecule has 0 amide bonds.